The first-order valence-electron chi connectivity index (χ1n) is 8.59. The van der Waals surface area contributed by atoms with Gasteiger partial charge in [0.15, 0.2) is 4.90 Å². The number of carbonyl (C=O) groups is 2. The predicted octanol–water partition coefficient (Wildman–Crippen LogP) is 3.56. The second kappa shape index (κ2) is 8.25. The molecule has 1 unspecified atom stereocenters. The van der Waals surface area contributed by atoms with Crippen molar-refractivity contribution in [2.45, 2.75) is 35.8 Å². The van der Waals surface area contributed by atoms with Crippen molar-refractivity contribution in [2.75, 3.05) is 5.32 Å². The van der Waals surface area contributed by atoms with Crippen molar-refractivity contribution in [2.24, 2.45) is 0 Å². The molecule has 0 radical (unpaired) electrons. The van der Waals surface area contributed by atoms with Crippen molar-refractivity contribution in [3.8, 4) is 6.07 Å². The lowest BCUT2D eigenvalue weighted by Crippen LogP contribution is -2.19. The van der Waals surface area contributed by atoms with Gasteiger partial charge in [-0.1, -0.05) is 6.07 Å². The zero-order chi connectivity index (χ0) is 19.4. The van der Waals surface area contributed by atoms with Crippen LogP contribution in [0.3, 0.4) is 0 Å². The summed E-state index contributed by atoms with van der Waals surface area (Å²) in [5.41, 5.74) is 0.445. The fourth-order valence-electron chi connectivity index (χ4n) is 3.15. The summed E-state index contributed by atoms with van der Waals surface area (Å²) >= 11 is -1.16. The van der Waals surface area contributed by atoms with E-state index in [2.05, 4.69) is 5.32 Å². The van der Waals surface area contributed by atoms with E-state index >= 15 is 0 Å². The Morgan fingerprint density at radius 1 is 1.19 bits per heavy atom. The van der Waals surface area contributed by atoms with E-state index in [-0.39, 0.29) is 22.1 Å². The van der Waals surface area contributed by atoms with E-state index in [1.807, 2.05) is 6.07 Å². The third-order valence-electron chi connectivity index (χ3n) is 4.56. The first-order valence-corrected chi connectivity index (χ1v) is 9.80. The minimum atomic E-state index is -1.24. The highest BCUT2D eigenvalue weighted by Gasteiger charge is 2.28. The molecule has 1 fully saturated rings. The zero-order valence-corrected chi connectivity index (χ0v) is 15.3. The Bertz CT molecular complexity index is 916. The smallest absolute Gasteiger partial charge is 0.337 e. The Labute approximate surface area is 160 Å². The molecule has 1 aliphatic rings. The van der Waals surface area contributed by atoms with Crippen molar-refractivity contribution in [1.82, 2.24) is 0 Å². The summed E-state index contributed by atoms with van der Waals surface area (Å²) in [6.07, 6.45) is 4.01. The quantitative estimate of drug-likeness (QED) is 0.768. The number of carboxylic acid groups (broad SMARTS) is 1. The standard InChI is InChI=1S/C20H18N2O4S/c21-12-13-8-9-18(17(10-13)20(24)25)22-19(23)14-4-3-7-16(11-14)27(26)15-5-1-2-6-15/h3-4,7-11,15H,1-2,5-6H2,(H,22,23)(H,24,25). The van der Waals surface area contributed by atoms with Crippen LogP contribution in [-0.4, -0.2) is 26.8 Å². The summed E-state index contributed by atoms with van der Waals surface area (Å²) < 4.78 is 12.7. The molecule has 138 valence electrons. The molecule has 0 aliphatic heterocycles. The SMILES string of the molecule is N#Cc1ccc(NC(=O)c2cccc([S+]([O-])C3CCCC3)c2)c(C(=O)O)c1. The van der Waals surface area contributed by atoms with Crippen LogP contribution in [0.15, 0.2) is 47.4 Å². The maximum atomic E-state index is 12.7. The molecule has 2 aromatic rings. The van der Waals surface area contributed by atoms with Crippen LogP contribution < -0.4 is 5.32 Å². The van der Waals surface area contributed by atoms with Gasteiger partial charge >= 0.3 is 5.97 Å². The molecule has 1 aliphatic carbocycles. The van der Waals surface area contributed by atoms with E-state index in [1.165, 1.54) is 18.2 Å². The Morgan fingerprint density at radius 2 is 1.93 bits per heavy atom. The van der Waals surface area contributed by atoms with Crippen LogP contribution in [0.2, 0.25) is 0 Å². The Morgan fingerprint density at radius 3 is 2.59 bits per heavy atom. The first-order chi connectivity index (χ1) is 13.0. The van der Waals surface area contributed by atoms with Crippen LogP contribution in [0.1, 0.15) is 52.0 Å². The largest absolute Gasteiger partial charge is 0.611 e. The molecular weight excluding hydrogens is 364 g/mol. The van der Waals surface area contributed by atoms with E-state index in [4.69, 9.17) is 5.26 Å². The zero-order valence-electron chi connectivity index (χ0n) is 14.5. The van der Waals surface area contributed by atoms with Gasteiger partial charge in [-0.2, -0.15) is 5.26 Å². The molecule has 0 bridgehead atoms. The molecule has 0 heterocycles. The Hall–Kier alpha value is -2.82. The Balaban J connectivity index is 1.82. The molecular formula is C20H18N2O4S. The maximum absolute atomic E-state index is 12.7. The topological polar surface area (TPSA) is 113 Å². The lowest BCUT2D eigenvalue weighted by Gasteiger charge is -2.17. The number of benzene rings is 2. The van der Waals surface area contributed by atoms with Gasteiger partial charge in [-0.05, 0) is 67.2 Å². The molecule has 7 heteroatoms. The van der Waals surface area contributed by atoms with E-state index in [1.54, 1.807) is 24.3 Å². The summed E-state index contributed by atoms with van der Waals surface area (Å²) in [5.74, 6) is -1.73. The van der Waals surface area contributed by atoms with Crippen LogP contribution >= 0.6 is 0 Å². The number of nitrogens with one attached hydrogen (secondary N) is 1. The number of amides is 1. The number of rotatable bonds is 5. The van der Waals surface area contributed by atoms with Gasteiger partial charge in [0.1, 0.15) is 5.25 Å². The normalized spacial score (nSPS) is 15.1. The molecule has 6 nitrogen and oxygen atoms in total. The maximum Gasteiger partial charge on any atom is 0.337 e. The van der Waals surface area contributed by atoms with Crippen molar-refractivity contribution in [3.05, 3.63) is 59.2 Å². The summed E-state index contributed by atoms with van der Waals surface area (Å²) in [7, 11) is 0. The van der Waals surface area contributed by atoms with Crippen molar-refractivity contribution in [1.29, 1.82) is 5.26 Å². The van der Waals surface area contributed by atoms with E-state index < -0.39 is 23.1 Å². The second-order valence-corrected chi connectivity index (χ2v) is 8.10. The fourth-order valence-corrected chi connectivity index (χ4v) is 4.75. The highest BCUT2D eigenvalue weighted by Crippen LogP contribution is 2.30. The number of carbonyl (C=O) groups excluding carboxylic acids is 1. The van der Waals surface area contributed by atoms with Gasteiger partial charge in [-0.15, -0.1) is 0 Å². The van der Waals surface area contributed by atoms with Crippen molar-refractivity contribution >= 4 is 28.7 Å². The van der Waals surface area contributed by atoms with Gasteiger partial charge in [-0.3, -0.25) is 4.79 Å². The molecule has 3 rings (SSSR count). The van der Waals surface area contributed by atoms with E-state index in [0.717, 1.165) is 25.7 Å². The average molecular weight is 382 g/mol. The molecule has 0 saturated heterocycles. The second-order valence-electron chi connectivity index (χ2n) is 6.36. The van der Waals surface area contributed by atoms with Gasteiger partial charge in [0.05, 0.1) is 22.9 Å². The van der Waals surface area contributed by atoms with Crippen LogP contribution in [0.25, 0.3) is 0 Å². The number of nitrogens with zero attached hydrogens (tertiary/aromatic N) is 1. The summed E-state index contributed by atoms with van der Waals surface area (Å²) in [6, 6.07) is 12.5. The number of carboxylic acids is 1. The Kier molecular flexibility index (Phi) is 5.79. The third-order valence-corrected chi connectivity index (χ3v) is 6.36. The molecule has 1 amide bonds. The van der Waals surface area contributed by atoms with Gasteiger partial charge < -0.3 is 15.0 Å². The fraction of sp³-hybridized carbons (Fsp3) is 0.250. The van der Waals surface area contributed by atoms with E-state index in [0.29, 0.717) is 10.5 Å². The van der Waals surface area contributed by atoms with E-state index in [9.17, 15) is 19.2 Å². The molecule has 2 N–H and O–H groups in total. The van der Waals surface area contributed by atoms with Crippen molar-refractivity contribution < 1.29 is 19.2 Å². The number of aromatic carboxylic acids is 1. The lowest BCUT2D eigenvalue weighted by molar-refractivity contribution is 0.0698. The molecule has 1 saturated carbocycles. The highest BCUT2D eigenvalue weighted by atomic mass is 32.2. The van der Waals surface area contributed by atoms with Gasteiger partial charge in [0.2, 0.25) is 0 Å². The predicted molar refractivity (Wildman–Crippen MR) is 101 cm³/mol. The molecule has 0 spiro atoms. The molecule has 0 aromatic heterocycles. The van der Waals surface area contributed by atoms with Gasteiger partial charge in [-0.25, -0.2) is 4.79 Å². The monoisotopic (exact) mass is 382 g/mol. The van der Waals surface area contributed by atoms with Crippen LogP contribution in [0, 0.1) is 11.3 Å². The van der Waals surface area contributed by atoms with Crippen LogP contribution in [0.5, 0.6) is 0 Å². The number of nitriles is 1. The summed E-state index contributed by atoms with van der Waals surface area (Å²) in [5, 5.41) is 20.9. The average Bonchev–Trinajstić information content (AvgIpc) is 3.22. The lowest BCUT2D eigenvalue weighted by atomic mass is 10.1. The summed E-state index contributed by atoms with van der Waals surface area (Å²) in [6.45, 7) is 0. The number of hydrogen-bond acceptors (Lipinski definition) is 4. The minimum Gasteiger partial charge on any atom is -0.611 e. The van der Waals surface area contributed by atoms with Crippen LogP contribution in [-0.2, 0) is 11.2 Å². The molecule has 27 heavy (non-hydrogen) atoms. The number of anilines is 1. The van der Waals surface area contributed by atoms with Gasteiger partial charge in [0.25, 0.3) is 5.91 Å². The summed E-state index contributed by atoms with van der Waals surface area (Å²) in [4.78, 5) is 24.6. The third kappa shape index (κ3) is 4.30. The number of hydrogen-bond donors (Lipinski definition) is 2. The highest BCUT2D eigenvalue weighted by molar-refractivity contribution is 7.92. The van der Waals surface area contributed by atoms with Gasteiger partial charge in [0, 0.05) is 11.6 Å². The van der Waals surface area contributed by atoms with Crippen LogP contribution in [0.4, 0.5) is 5.69 Å². The van der Waals surface area contributed by atoms with Crippen molar-refractivity contribution in [3.63, 3.8) is 0 Å². The molecule has 2 aromatic carbocycles. The minimum absolute atomic E-state index is 0.105. The first kappa shape index (κ1) is 19.0. The molecule has 1 atom stereocenters.